The van der Waals surface area contributed by atoms with Gasteiger partial charge in [0.1, 0.15) is 0 Å². The minimum absolute atomic E-state index is 0.143. The number of carbonyl (C=O) groups excluding carboxylic acids is 1. The molecule has 0 radical (unpaired) electrons. The second-order valence-corrected chi connectivity index (χ2v) is 4.89. The van der Waals surface area contributed by atoms with Crippen molar-refractivity contribution in [3.63, 3.8) is 0 Å². The zero-order chi connectivity index (χ0) is 12.7. The molecule has 2 unspecified atom stereocenters. The van der Waals surface area contributed by atoms with Crippen molar-refractivity contribution < 1.29 is 4.79 Å². The highest BCUT2D eigenvalue weighted by atomic mass is 16.1. The van der Waals surface area contributed by atoms with Crippen molar-refractivity contribution in [2.45, 2.75) is 58.0 Å². The van der Waals surface area contributed by atoms with Crippen LogP contribution in [0.25, 0.3) is 0 Å². The quantitative estimate of drug-likeness (QED) is 0.702. The van der Waals surface area contributed by atoms with Crippen LogP contribution >= 0.6 is 0 Å². The van der Waals surface area contributed by atoms with Crippen LogP contribution in [0.15, 0.2) is 0 Å². The lowest BCUT2D eigenvalue weighted by Gasteiger charge is -2.31. The van der Waals surface area contributed by atoms with E-state index in [2.05, 4.69) is 24.1 Å². The topological polar surface area (TPSA) is 58.4 Å². The summed E-state index contributed by atoms with van der Waals surface area (Å²) in [4.78, 5) is 14.2. The van der Waals surface area contributed by atoms with Gasteiger partial charge < -0.3 is 11.1 Å². The van der Waals surface area contributed by atoms with E-state index in [0.29, 0.717) is 19.0 Å². The average molecular weight is 241 g/mol. The normalized spacial score (nSPS) is 22.6. The Hall–Kier alpha value is -0.610. The lowest BCUT2D eigenvalue weighted by Crippen LogP contribution is -2.46. The molecule has 3 N–H and O–H groups in total. The zero-order valence-electron chi connectivity index (χ0n) is 11.2. The number of hydrogen-bond donors (Lipinski definition) is 2. The second-order valence-electron chi connectivity index (χ2n) is 4.89. The van der Waals surface area contributed by atoms with Crippen LogP contribution in [0.2, 0.25) is 0 Å². The maximum absolute atomic E-state index is 11.7. The minimum Gasteiger partial charge on any atom is -0.356 e. The summed E-state index contributed by atoms with van der Waals surface area (Å²) in [6.45, 7) is 6.73. The summed E-state index contributed by atoms with van der Waals surface area (Å²) in [6.07, 6.45) is 5.19. The third-order valence-electron chi connectivity index (χ3n) is 3.63. The third kappa shape index (κ3) is 4.28. The standard InChI is InChI=1S/C13H27N3O/c1-3-7-15-13(17)9-12(10-14)16-8-5-6-11(16)4-2/h11-12H,3-10,14H2,1-2H3,(H,15,17). The lowest BCUT2D eigenvalue weighted by atomic mass is 10.1. The van der Waals surface area contributed by atoms with Crippen molar-refractivity contribution >= 4 is 5.91 Å². The summed E-state index contributed by atoms with van der Waals surface area (Å²) in [5, 5.41) is 2.93. The maximum Gasteiger partial charge on any atom is 0.221 e. The Morgan fingerprint density at radius 2 is 2.29 bits per heavy atom. The fourth-order valence-corrected chi connectivity index (χ4v) is 2.66. The molecule has 1 heterocycles. The Labute approximate surface area is 105 Å². The average Bonchev–Trinajstić information content (AvgIpc) is 2.81. The Morgan fingerprint density at radius 1 is 1.53 bits per heavy atom. The first-order chi connectivity index (χ1) is 8.22. The van der Waals surface area contributed by atoms with Crippen LogP contribution in [0.3, 0.4) is 0 Å². The first-order valence-electron chi connectivity index (χ1n) is 6.95. The van der Waals surface area contributed by atoms with E-state index in [1.807, 2.05) is 0 Å². The first kappa shape index (κ1) is 14.5. The van der Waals surface area contributed by atoms with E-state index < -0.39 is 0 Å². The Balaban J connectivity index is 2.44. The molecular weight excluding hydrogens is 214 g/mol. The first-order valence-corrected chi connectivity index (χ1v) is 6.95. The van der Waals surface area contributed by atoms with Crippen LogP contribution in [0, 0.1) is 0 Å². The summed E-state index contributed by atoms with van der Waals surface area (Å²) >= 11 is 0. The Bertz CT molecular complexity index is 233. The van der Waals surface area contributed by atoms with Gasteiger partial charge in [0.2, 0.25) is 5.91 Å². The highest BCUT2D eigenvalue weighted by Crippen LogP contribution is 2.23. The fourth-order valence-electron chi connectivity index (χ4n) is 2.66. The number of likely N-dealkylation sites (tertiary alicyclic amines) is 1. The second kappa shape index (κ2) is 7.67. The monoisotopic (exact) mass is 241 g/mol. The molecule has 0 saturated carbocycles. The molecule has 1 rings (SSSR count). The van der Waals surface area contributed by atoms with Crippen LogP contribution in [0.5, 0.6) is 0 Å². The molecule has 17 heavy (non-hydrogen) atoms. The van der Waals surface area contributed by atoms with Gasteiger partial charge in [0.25, 0.3) is 0 Å². The molecule has 1 saturated heterocycles. The van der Waals surface area contributed by atoms with Crippen molar-refractivity contribution in [1.82, 2.24) is 10.2 Å². The Morgan fingerprint density at radius 3 is 2.88 bits per heavy atom. The van der Waals surface area contributed by atoms with Crippen LogP contribution in [0.1, 0.15) is 46.0 Å². The minimum atomic E-state index is 0.143. The van der Waals surface area contributed by atoms with Gasteiger partial charge in [-0.15, -0.1) is 0 Å². The van der Waals surface area contributed by atoms with E-state index in [4.69, 9.17) is 5.73 Å². The molecule has 100 valence electrons. The van der Waals surface area contributed by atoms with Gasteiger partial charge in [-0.2, -0.15) is 0 Å². The number of hydrogen-bond acceptors (Lipinski definition) is 3. The van der Waals surface area contributed by atoms with Gasteiger partial charge in [-0.05, 0) is 32.2 Å². The van der Waals surface area contributed by atoms with E-state index >= 15 is 0 Å². The zero-order valence-corrected chi connectivity index (χ0v) is 11.2. The SMILES string of the molecule is CCCNC(=O)CC(CN)N1CCCC1CC. The molecular formula is C13H27N3O. The molecule has 1 aliphatic rings. The highest BCUT2D eigenvalue weighted by Gasteiger charge is 2.29. The van der Waals surface area contributed by atoms with Gasteiger partial charge in [0.15, 0.2) is 0 Å². The van der Waals surface area contributed by atoms with E-state index in [1.54, 1.807) is 0 Å². The predicted molar refractivity (Wildman–Crippen MR) is 70.8 cm³/mol. The molecule has 1 aliphatic heterocycles. The summed E-state index contributed by atoms with van der Waals surface area (Å²) in [5.74, 6) is 0.143. The van der Waals surface area contributed by atoms with Crippen molar-refractivity contribution in [3.8, 4) is 0 Å². The van der Waals surface area contributed by atoms with E-state index in [1.165, 1.54) is 12.8 Å². The van der Waals surface area contributed by atoms with Crippen LogP contribution < -0.4 is 11.1 Å². The molecule has 2 atom stereocenters. The number of nitrogens with zero attached hydrogens (tertiary/aromatic N) is 1. The van der Waals surface area contributed by atoms with Gasteiger partial charge in [0.05, 0.1) is 0 Å². The number of amides is 1. The van der Waals surface area contributed by atoms with Gasteiger partial charge >= 0.3 is 0 Å². The van der Waals surface area contributed by atoms with Crippen molar-refractivity contribution in [1.29, 1.82) is 0 Å². The number of nitrogens with one attached hydrogen (secondary N) is 1. The van der Waals surface area contributed by atoms with Gasteiger partial charge in [-0.25, -0.2) is 0 Å². The number of carbonyl (C=O) groups is 1. The van der Waals surface area contributed by atoms with E-state index in [-0.39, 0.29) is 11.9 Å². The molecule has 0 aromatic carbocycles. The summed E-state index contributed by atoms with van der Waals surface area (Å²) < 4.78 is 0. The maximum atomic E-state index is 11.7. The van der Waals surface area contributed by atoms with Gasteiger partial charge in [-0.1, -0.05) is 13.8 Å². The molecule has 0 bridgehead atoms. The molecule has 0 aromatic heterocycles. The van der Waals surface area contributed by atoms with Crippen LogP contribution in [-0.2, 0) is 4.79 Å². The molecule has 1 amide bonds. The largest absolute Gasteiger partial charge is 0.356 e. The van der Waals surface area contributed by atoms with Crippen LogP contribution in [0.4, 0.5) is 0 Å². The summed E-state index contributed by atoms with van der Waals surface area (Å²) in [7, 11) is 0. The van der Waals surface area contributed by atoms with Crippen molar-refractivity contribution in [2.24, 2.45) is 5.73 Å². The van der Waals surface area contributed by atoms with E-state index in [9.17, 15) is 4.79 Å². The highest BCUT2D eigenvalue weighted by molar-refractivity contribution is 5.76. The predicted octanol–water partition coefficient (Wildman–Crippen LogP) is 1.10. The summed E-state index contributed by atoms with van der Waals surface area (Å²) in [6, 6.07) is 0.849. The number of rotatable bonds is 7. The third-order valence-corrected chi connectivity index (χ3v) is 3.63. The smallest absolute Gasteiger partial charge is 0.221 e. The van der Waals surface area contributed by atoms with Crippen molar-refractivity contribution in [2.75, 3.05) is 19.6 Å². The van der Waals surface area contributed by atoms with E-state index in [0.717, 1.165) is 25.9 Å². The van der Waals surface area contributed by atoms with Crippen molar-refractivity contribution in [3.05, 3.63) is 0 Å². The molecule has 0 aromatic rings. The molecule has 0 aliphatic carbocycles. The molecule has 4 heteroatoms. The van der Waals surface area contributed by atoms with Gasteiger partial charge in [0, 0.05) is 31.6 Å². The van der Waals surface area contributed by atoms with Crippen LogP contribution in [-0.4, -0.2) is 42.5 Å². The fraction of sp³-hybridized carbons (Fsp3) is 0.923. The molecule has 0 spiro atoms. The number of nitrogens with two attached hydrogens (primary N) is 1. The lowest BCUT2D eigenvalue weighted by molar-refractivity contribution is -0.122. The summed E-state index contributed by atoms with van der Waals surface area (Å²) in [5.41, 5.74) is 5.82. The molecule has 1 fully saturated rings. The van der Waals surface area contributed by atoms with Gasteiger partial charge in [-0.3, -0.25) is 9.69 Å². The molecule has 4 nitrogen and oxygen atoms in total. The Kier molecular flexibility index (Phi) is 6.52.